The van der Waals surface area contributed by atoms with E-state index in [1.165, 1.54) is 25.0 Å². The van der Waals surface area contributed by atoms with Crippen molar-refractivity contribution in [3.8, 4) is 11.3 Å². The molecule has 0 amide bonds. The Balaban J connectivity index is 1.40. The zero-order valence-corrected chi connectivity index (χ0v) is 18.3. The minimum atomic E-state index is 0.0328. The zero-order chi connectivity index (χ0) is 21.1. The first-order chi connectivity index (χ1) is 15.1. The van der Waals surface area contributed by atoms with Crippen LogP contribution in [0.1, 0.15) is 69.4 Å². The average molecular weight is 413 g/mol. The van der Waals surface area contributed by atoms with Crippen LogP contribution in [0.3, 0.4) is 0 Å². The highest BCUT2D eigenvalue weighted by atomic mass is 15.3. The van der Waals surface area contributed by atoms with Crippen LogP contribution in [0.15, 0.2) is 48.9 Å². The van der Waals surface area contributed by atoms with Crippen molar-refractivity contribution in [2.24, 2.45) is 11.8 Å². The summed E-state index contributed by atoms with van der Waals surface area (Å²) in [6.07, 6.45) is 9.76. The van der Waals surface area contributed by atoms with Crippen molar-refractivity contribution in [1.82, 2.24) is 29.5 Å². The van der Waals surface area contributed by atoms with Crippen LogP contribution < -0.4 is 0 Å². The second-order valence-electron chi connectivity index (χ2n) is 9.43. The number of fused-ring (bicyclic) bond motifs is 2. The fraction of sp³-hybridized carbons (Fsp3) is 0.440. The van der Waals surface area contributed by atoms with E-state index in [0.717, 1.165) is 39.8 Å². The van der Waals surface area contributed by atoms with E-state index in [0.29, 0.717) is 12.0 Å². The third-order valence-corrected chi connectivity index (χ3v) is 7.23. The van der Waals surface area contributed by atoms with Gasteiger partial charge in [-0.3, -0.25) is 19.3 Å². The van der Waals surface area contributed by atoms with Crippen molar-refractivity contribution >= 4 is 11.0 Å². The second-order valence-corrected chi connectivity index (χ2v) is 9.43. The van der Waals surface area contributed by atoms with Crippen LogP contribution in [0, 0.1) is 11.8 Å². The monoisotopic (exact) mass is 412 g/mol. The van der Waals surface area contributed by atoms with Crippen molar-refractivity contribution in [3.63, 3.8) is 0 Å². The molecule has 6 heteroatoms. The maximum Gasteiger partial charge on any atom is 0.108 e. The fourth-order valence-corrected chi connectivity index (χ4v) is 5.60. The van der Waals surface area contributed by atoms with Gasteiger partial charge in [0.1, 0.15) is 5.52 Å². The summed E-state index contributed by atoms with van der Waals surface area (Å²) in [7, 11) is 0. The molecular formula is C25H28N6. The molecule has 2 aliphatic rings. The number of nitrogens with zero attached hydrogens (tertiary/aromatic N) is 6. The van der Waals surface area contributed by atoms with E-state index in [4.69, 9.17) is 10.1 Å². The van der Waals surface area contributed by atoms with Gasteiger partial charge in [0, 0.05) is 35.6 Å². The predicted octanol–water partition coefficient (Wildman–Crippen LogP) is 5.39. The molecule has 4 atom stereocenters. The Hall–Kier alpha value is -3.02. The summed E-state index contributed by atoms with van der Waals surface area (Å²) in [5.41, 5.74) is 6.38. The van der Waals surface area contributed by atoms with Gasteiger partial charge >= 0.3 is 0 Å². The van der Waals surface area contributed by atoms with Crippen molar-refractivity contribution < 1.29 is 0 Å². The molecule has 0 unspecified atom stereocenters. The largest absolute Gasteiger partial charge is 0.266 e. The lowest BCUT2D eigenvalue weighted by atomic mass is 10.1. The summed E-state index contributed by atoms with van der Waals surface area (Å²) in [4.78, 5) is 9.22. The SMILES string of the molecule is CC(C)n1nc(-c2cnc3cnn([C@@H](C)c4ccccn4)c3c2)cc1[C@H]1[C@@H]2CCC[C@@H]21. The Labute approximate surface area is 182 Å². The molecular weight excluding hydrogens is 384 g/mol. The van der Waals surface area contributed by atoms with Crippen molar-refractivity contribution in [3.05, 3.63) is 60.3 Å². The molecule has 0 aromatic carbocycles. The van der Waals surface area contributed by atoms with E-state index in [-0.39, 0.29) is 6.04 Å². The Bertz CT molecular complexity index is 1230. The number of aromatic nitrogens is 6. The van der Waals surface area contributed by atoms with Crippen LogP contribution in [0.2, 0.25) is 0 Å². The molecule has 4 heterocycles. The highest BCUT2D eigenvalue weighted by molar-refractivity contribution is 5.79. The van der Waals surface area contributed by atoms with Gasteiger partial charge in [-0.15, -0.1) is 0 Å². The van der Waals surface area contributed by atoms with Gasteiger partial charge in [0.15, 0.2) is 0 Å². The minimum Gasteiger partial charge on any atom is -0.266 e. The van der Waals surface area contributed by atoms with Gasteiger partial charge in [0.25, 0.3) is 0 Å². The summed E-state index contributed by atoms with van der Waals surface area (Å²) in [6, 6.07) is 10.9. The Morgan fingerprint density at radius 2 is 1.81 bits per heavy atom. The van der Waals surface area contributed by atoms with Gasteiger partial charge in [0.2, 0.25) is 0 Å². The van der Waals surface area contributed by atoms with Gasteiger partial charge in [-0.05, 0) is 69.7 Å². The molecule has 0 spiro atoms. The van der Waals surface area contributed by atoms with Gasteiger partial charge in [-0.2, -0.15) is 10.2 Å². The Kier molecular flexibility index (Phi) is 4.23. The van der Waals surface area contributed by atoms with Crippen molar-refractivity contribution in [2.45, 2.75) is 58.0 Å². The van der Waals surface area contributed by atoms with Gasteiger partial charge < -0.3 is 0 Å². The number of hydrogen-bond donors (Lipinski definition) is 0. The van der Waals surface area contributed by atoms with E-state index < -0.39 is 0 Å². The molecule has 6 nitrogen and oxygen atoms in total. The maximum absolute atomic E-state index is 5.03. The molecule has 0 saturated heterocycles. The first-order valence-electron chi connectivity index (χ1n) is 11.5. The van der Waals surface area contributed by atoms with Crippen LogP contribution in [-0.2, 0) is 0 Å². The first kappa shape index (κ1) is 18.7. The summed E-state index contributed by atoms with van der Waals surface area (Å²) in [5, 5.41) is 9.65. The molecule has 2 saturated carbocycles. The Morgan fingerprint density at radius 1 is 0.968 bits per heavy atom. The lowest BCUT2D eigenvalue weighted by Gasteiger charge is -2.13. The van der Waals surface area contributed by atoms with E-state index >= 15 is 0 Å². The lowest BCUT2D eigenvalue weighted by molar-refractivity contribution is 0.497. The van der Waals surface area contributed by atoms with Gasteiger partial charge in [-0.25, -0.2) is 0 Å². The molecule has 31 heavy (non-hydrogen) atoms. The molecule has 0 bridgehead atoms. The topological polar surface area (TPSA) is 61.4 Å². The van der Waals surface area contributed by atoms with E-state index in [1.807, 2.05) is 41.5 Å². The highest BCUT2D eigenvalue weighted by Gasteiger charge is 2.54. The maximum atomic E-state index is 5.03. The molecule has 4 aromatic rings. The molecule has 2 aliphatic carbocycles. The van der Waals surface area contributed by atoms with Crippen LogP contribution in [0.5, 0.6) is 0 Å². The smallest absolute Gasteiger partial charge is 0.108 e. The molecule has 4 aromatic heterocycles. The summed E-state index contributed by atoms with van der Waals surface area (Å²) in [6.45, 7) is 6.58. The van der Waals surface area contributed by atoms with Crippen LogP contribution in [0.4, 0.5) is 0 Å². The summed E-state index contributed by atoms with van der Waals surface area (Å²) < 4.78 is 4.26. The molecule has 6 rings (SSSR count). The van der Waals surface area contributed by atoms with E-state index in [1.54, 1.807) is 0 Å². The van der Waals surface area contributed by atoms with Crippen LogP contribution in [-0.4, -0.2) is 29.5 Å². The van der Waals surface area contributed by atoms with E-state index in [2.05, 4.69) is 47.7 Å². The number of pyridine rings is 2. The van der Waals surface area contributed by atoms with E-state index in [9.17, 15) is 0 Å². The zero-order valence-electron chi connectivity index (χ0n) is 18.3. The van der Waals surface area contributed by atoms with Gasteiger partial charge in [0.05, 0.1) is 29.1 Å². The molecule has 158 valence electrons. The predicted molar refractivity (Wildman–Crippen MR) is 121 cm³/mol. The fourth-order valence-electron chi connectivity index (χ4n) is 5.60. The molecule has 2 fully saturated rings. The summed E-state index contributed by atoms with van der Waals surface area (Å²) >= 11 is 0. The van der Waals surface area contributed by atoms with Crippen molar-refractivity contribution in [2.75, 3.05) is 0 Å². The minimum absolute atomic E-state index is 0.0328. The lowest BCUT2D eigenvalue weighted by Crippen LogP contribution is -2.09. The highest BCUT2D eigenvalue weighted by Crippen LogP contribution is 2.63. The quantitative estimate of drug-likeness (QED) is 0.441. The molecule has 0 aliphatic heterocycles. The first-order valence-corrected chi connectivity index (χ1v) is 11.5. The number of hydrogen-bond acceptors (Lipinski definition) is 4. The Morgan fingerprint density at radius 3 is 2.55 bits per heavy atom. The third kappa shape index (κ3) is 2.99. The second kappa shape index (κ2) is 7.01. The van der Waals surface area contributed by atoms with Crippen LogP contribution in [0.25, 0.3) is 22.3 Å². The summed E-state index contributed by atoms with van der Waals surface area (Å²) in [5.74, 6) is 2.45. The van der Waals surface area contributed by atoms with Crippen LogP contribution >= 0.6 is 0 Å². The van der Waals surface area contributed by atoms with Crippen molar-refractivity contribution in [1.29, 1.82) is 0 Å². The average Bonchev–Trinajstić information content (AvgIpc) is 3.25. The molecule has 0 radical (unpaired) electrons. The molecule has 0 N–H and O–H groups in total. The standard InChI is InChI=1S/C25H28N6/c1-15(2)30-24(25-18-7-6-8-19(18)25)12-21(29-30)17-11-23-22(27-13-17)14-28-31(23)16(3)20-9-4-5-10-26-20/h4-5,9-16,18-19,25H,6-8H2,1-3H3/t16-,18-,19+,25+/m0/s1. The normalized spacial score (nSPS) is 23.4. The number of rotatable bonds is 5. The third-order valence-electron chi connectivity index (χ3n) is 7.23. The van der Waals surface area contributed by atoms with Gasteiger partial charge in [-0.1, -0.05) is 12.5 Å².